The quantitative estimate of drug-likeness (QED) is 0.734. The first-order valence-corrected chi connectivity index (χ1v) is 5.85. The third-order valence-electron chi connectivity index (χ3n) is 2.99. The molecule has 0 radical (unpaired) electrons. The molecule has 1 fully saturated rings. The zero-order valence-corrected chi connectivity index (χ0v) is 10.4. The van der Waals surface area contributed by atoms with E-state index in [1.807, 2.05) is 13.8 Å². The van der Waals surface area contributed by atoms with Gasteiger partial charge in [0, 0.05) is 13.1 Å². The van der Waals surface area contributed by atoms with Crippen LogP contribution in [-0.2, 0) is 4.79 Å². The monoisotopic (exact) mass is 240 g/mol. The highest BCUT2D eigenvalue weighted by molar-refractivity contribution is 5.83. The van der Waals surface area contributed by atoms with E-state index in [0.717, 1.165) is 18.4 Å². The van der Waals surface area contributed by atoms with Gasteiger partial charge in [-0.2, -0.15) is 0 Å². The number of amides is 2. The van der Waals surface area contributed by atoms with Gasteiger partial charge in [0.05, 0.1) is 0 Å². The molecule has 0 spiro atoms. The molecule has 1 saturated heterocycles. The average Bonchev–Trinajstić information content (AvgIpc) is 2.24. The molecule has 0 saturated carbocycles. The number of likely N-dealkylation sites (tertiary alicyclic amines) is 1. The number of hydrogen-bond donors (Lipinski definition) is 2. The lowest BCUT2D eigenvalue weighted by Gasteiger charge is -2.37. The summed E-state index contributed by atoms with van der Waals surface area (Å²) in [5, 5.41) is 11.8. The molecule has 0 aromatic rings. The highest BCUT2D eigenvalue weighted by Crippen LogP contribution is 2.23. The second-order valence-electron chi connectivity index (χ2n) is 4.71. The van der Waals surface area contributed by atoms with Crippen molar-refractivity contribution >= 4 is 12.0 Å². The van der Waals surface area contributed by atoms with E-state index in [1.54, 1.807) is 0 Å². The Balaban J connectivity index is 2.68. The minimum atomic E-state index is -0.928. The van der Waals surface area contributed by atoms with Gasteiger partial charge in [0.1, 0.15) is 6.04 Å². The zero-order valence-electron chi connectivity index (χ0n) is 10.4. The Bertz CT molecular complexity index is 328. The Morgan fingerprint density at radius 3 is 2.71 bits per heavy atom. The number of nitrogens with one attached hydrogen (secondary N) is 1. The fourth-order valence-corrected chi connectivity index (χ4v) is 2.12. The zero-order chi connectivity index (χ0) is 13.0. The summed E-state index contributed by atoms with van der Waals surface area (Å²) >= 11 is 0. The fourth-order valence-electron chi connectivity index (χ4n) is 2.12. The third-order valence-corrected chi connectivity index (χ3v) is 2.99. The summed E-state index contributed by atoms with van der Waals surface area (Å²) in [5.74, 6) is -0.931. The Hall–Kier alpha value is -1.52. The van der Waals surface area contributed by atoms with E-state index in [4.69, 9.17) is 5.11 Å². The number of nitrogens with zero attached hydrogens (tertiary/aromatic N) is 1. The average molecular weight is 240 g/mol. The Kier molecular flexibility index (Phi) is 4.54. The fraction of sp³-hybridized carbons (Fsp3) is 0.667. The highest BCUT2D eigenvalue weighted by Gasteiger charge is 2.36. The smallest absolute Gasteiger partial charge is 0.326 e. The van der Waals surface area contributed by atoms with Crippen molar-refractivity contribution in [1.29, 1.82) is 0 Å². The van der Waals surface area contributed by atoms with Crippen molar-refractivity contribution in [2.24, 2.45) is 5.92 Å². The molecule has 2 unspecified atom stereocenters. The van der Waals surface area contributed by atoms with Crippen molar-refractivity contribution in [2.45, 2.75) is 32.7 Å². The minimum Gasteiger partial charge on any atom is -0.480 e. The summed E-state index contributed by atoms with van der Waals surface area (Å²) in [6.45, 7) is 8.27. The number of aliphatic carboxylic acids is 1. The molecule has 17 heavy (non-hydrogen) atoms. The lowest BCUT2D eigenvalue weighted by atomic mass is 9.91. The maximum atomic E-state index is 11.9. The van der Waals surface area contributed by atoms with Crippen LogP contribution in [0.15, 0.2) is 12.2 Å². The van der Waals surface area contributed by atoms with E-state index in [1.165, 1.54) is 4.90 Å². The van der Waals surface area contributed by atoms with Crippen LogP contribution < -0.4 is 5.32 Å². The van der Waals surface area contributed by atoms with E-state index >= 15 is 0 Å². The van der Waals surface area contributed by atoms with Crippen LogP contribution in [0, 0.1) is 5.92 Å². The van der Waals surface area contributed by atoms with Crippen molar-refractivity contribution in [3.05, 3.63) is 12.2 Å². The lowest BCUT2D eigenvalue weighted by Crippen LogP contribution is -2.55. The molecular formula is C12H20N2O3. The molecule has 1 rings (SSSR count). The van der Waals surface area contributed by atoms with E-state index in [-0.39, 0.29) is 11.9 Å². The van der Waals surface area contributed by atoms with Gasteiger partial charge >= 0.3 is 12.0 Å². The minimum absolute atomic E-state index is 0.00294. The molecule has 0 aromatic carbocycles. The van der Waals surface area contributed by atoms with Crippen molar-refractivity contribution in [2.75, 3.05) is 13.1 Å². The lowest BCUT2D eigenvalue weighted by molar-refractivity contribution is -0.145. The maximum Gasteiger partial charge on any atom is 0.326 e. The molecule has 96 valence electrons. The molecule has 1 heterocycles. The first kappa shape index (κ1) is 13.5. The van der Waals surface area contributed by atoms with Gasteiger partial charge in [-0.1, -0.05) is 19.1 Å². The first-order valence-electron chi connectivity index (χ1n) is 5.85. The van der Waals surface area contributed by atoms with Gasteiger partial charge in [-0.3, -0.25) is 0 Å². The van der Waals surface area contributed by atoms with Crippen LogP contribution in [0.4, 0.5) is 4.79 Å². The predicted molar refractivity (Wildman–Crippen MR) is 64.7 cm³/mol. The number of carbonyl (C=O) groups is 2. The number of urea groups is 1. The van der Waals surface area contributed by atoms with Crippen LogP contribution in [0.5, 0.6) is 0 Å². The molecule has 2 amide bonds. The number of rotatable bonds is 3. The molecule has 0 bridgehead atoms. The molecule has 1 aliphatic rings. The molecule has 5 nitrogen and oxygen atoms in total. The Labute approximate surface area is 101 Å². The van der Waals surface area contributed by atoms with Crippen molar-refractivity contribution < 1.29 is 14.7 Å². The summed E-state index contributed by atoms with van der Waals surface area (Å²) in [5.41, 5.74) is 0.843. The van der Waals surface area contributed by atoms with Crippen LogP contribution in [0.25, 0.3) is 0 Å². The second-order valence-corrected chi connectivity index (χ2v) is 4.71. The van der Waals surface area contributed by atoms with Crippen molar-refractivity contribution in [3.63, 3.8) is 0 Å². The van der Waals surface area contributed by atoms with Gasteiger partial charge in [0.15, 0.2) is 0 Å². The summed E-state index contributed by atoms with van der Waals surface area (Å²) in [4.78, 5) is 24.5. The number of carbonyl (C=O) groups excluding carboxylic acids is 1. The number of carboxylic acid groups (broad SMARTS) is 1. The summed E-state index contributed by atoms with van der Waals surface area (Å²) < 4.78 is 0. The van der Waals surface area contributed by atoms with Gasteiger partial charge in [-0.05, 0) is 25.7 Å². The van der Waals surface area contributed by atoms with Gasteiger partial charge in [-0.25, -0.2) is 9.59 Å². The van der Waals surface area contributed by atoms with E-state index in [9.17, 15) is 9.59 Å². The molecule has 0 aliphatic carbocycles. The molecule has 5 heteroatoms. The SMILES string of the molecule is C=C(C)CNC(=O)N1CCCC(C)C1C(=O)O. The Morgan fingerprint density at radius 1 is 1.53 bits per heavy atom. The summed E-state index contributed by atoms with van der Waals surface area (Å²) in [6.07, 6.45) is 1.70. The van der Waals surface area contributed by atoms with Crippen LogP contribution in [0.1, 0.15) is 26.7 Å². The maximum absolute atomic E-state index is 11.9. The molecule has 1 aliphatic heterocycles. The molecule has 2 atom stereocenters. The largest absolute Gasteiger partial charge is 0.480 e. The normalized spacial score (nSPS) is 24.2. The first-order chi connectivity index (χ1) is 7.93. The van der Waals surface area contributed by atoms with Gasteiger partial charge in [0.25, 0.3) is 0 Å². The number of piperidine rings is 1. The standard InChI is InChI=1S/C12H20N2O3/c1-8(2)7-13-12(17)14-6-4-5-9(3)10(14)11(15)16/h9-10H,1,4-7H2,2-3H3,(H,13,17)(H,15,16). The van der Waals surface area contributed by atoms with Gasteiger partial charge in [-0.15, -0.1) is 0 Å². The predicted octanol–water partition coefficient (Wildman–Crippen LogP) is 1.46. The van der Waals surface area contributed by atoms with E-state index < -0.39 is 12.0 Å². The van der Waals surface area contributed by atoms with Gasteiger partial charge in [0.2, 0.25) is 0 Å². The topological polar surface area (TPSA) is 69.6 Å². The third kappa shape index (κ3) is 3.47. The van der Waals surface area contributed by atoms with Crippen LogP contribution in [0.2, 0.25) is 0 Å². The van der Waals surface area contributed by atoms with E-state index in [2.05, 4.69) is 11.9 Å². The second kappa shape index (κ2) is 5.70. The number of carboxylic acids is 1. The van der Waals surface area contributed by atoms with Gasteiger partial charge < -0.3 is 15.3 Å². The number of hydrogen-bond acceptors (Lipinski definition) is 2. The van der Waals surface area contributed by atoms with Crippen LogP contribution in [0.3, 0.4) is 0 Å². The Morgan fingerprint density at radius 2 is 2.18 bits per heavy atom. The molecule has 2 N–H and O–H groups in total. The van der Waals surface area contributed by atoms with E-state index in [0.29, 0.717) is 13.1 Å². The van der Waals surface area contributed by atoms with Crippen LogP contribution >= 0.6 is 0 Å². The van der Waals surface area contributed by atoms with Crippen molar-refractivity contribution in [3.8, 4) is 0 Å². The van der Waals surface area contributed by atoms with Crippen LogP contribution in [-0.4, -0.2) is 41.1 Å². The van der Waals surface area contributed by atoms with Crippen molar-refractivity contribution in [1.82, 2.24) is 10.2 Å². The summed E-state index contributed by atoms with van der Waals surface area (Å²) in [7, 11) is 0. The molecular weight excluding hydrogens is 220 g/mol. The highest BCUT2D eigenvalue weighted by atomic mass is 16.4. The molecule has 0 aromatic heterocycles. The summed E-state index contributed by atoms with van der Waals surface area (Å²) in [6, 6.07) is -1.03.